The Morgan fingerprint density at radius 3 is 2.80 bits per heavy atom. The lowest BCUT2D eigenvalue weighted by atomic mass is 10.1. The van der Waals surface area contributed by atoms with Gasteiger partial charge in [0.1, 0.15) is 16.9 Å². The Kier molecular flexibility index (Phi) is 4.68. The highest BCUT2D eigenvalue weighted by molar-refractivity contribution is 7.98. The number of aromatic carboxylic acids is 1. The highest BCUT2D eigenvalue weighted by Crippen LogP contribution is 2.28. The fourth-order valence-electron chi connectivity index (χ4n) is 1.85. The number of furan rings is 1. The second-order valence-electron chi connectivity index (χ2n) is 4.08. The number of carbonyl (C=O) groups is 2. The van der Waals surface area contributed by atoms with Crippen molar-refractivity contribution in [1.82, 2.24) is 0 Å². The predicted molar refractivity (Wildman–Crippen MR) is 76.0 cm³/mol. The van der Waals surface area contributed by atoms with E-state index in [1.54, 1.807) is 24.3 Å². The number of carboxylic acids is 1. The van der Waals surface area contributed by atoms with E-state index in [1.165, 1.54) is 18.9 Å². The molecule has 5 nitrogen and oxygen atoms in total. The zero-order valence-electron chi connectivity index (χ0n) is 10.9. The lowest BCUT2D eigenvalue weighted by Gasteiger charge is -2.00. The molecule has 0 fully saturated rings. The molecule has 0 atom stereocenters. The maximum absolute atomic E-state index is 11.3. The van der Waals surface area contributed by atoms with E-state index in [-0.39, 0.29) is 11.5 Å². The molecule has 1 aromatic carbocycles. The van der Waals surface area contributed by atoms with Gasteiger partial charge in [0.2, 0.25) is 0 Å². The van der Waals surface area contributed by atoms with Crippen molar-refractivity contribution in [2.45, 2.75) is 12.2 Å². The van der Waals surface area contributed by atoms with Crippen molar-refractivity contribution < 1.29 is 23.8 Å². The number of methoxy groups -OCH3 is 1. The first-order valence-corrected chi connectivity index (χ1v) is 7.17. The third-order valence-corrected chi connectivity index (χ3v) is 3.75. The molecule has 0 aliphatic heterocycles. The van der Waals surface area contributed by atoms with Gasteiger partial charge in [-0.25, -0.2) is 4.79 Å². The van der Waals surface area contributed by atoms with Gasteiger partial charge in [-0.1, -0.05) is 18.2 Å². The first-order chi connectivity index (χ1) is 9.63. The van der Waals surface area contributed by atoms with Crippen LogP contribution < -0.4 is 0 Å². The summed E-state index contributed by atoms with van der Waals surface area (Å²) in [6.07, 6.45) is 0.295. The van der Waals surface area contributed by atoms with Gasteiger partial charge in [-0.15, -0.1) is 0 Å². The largest absolute Gasteiger partial charge is 0.478 e. The third-order valence-electron chi connectivity index (χ3n) is 2.79. The van der Waals surface area contributed by atoms with E-state index in [1.807, 2.05) is 0 Å². The van der Waals surface area contributed by atoms with E-state index in [0.717, 1.165) is 0 Å². The summed E-state index contributed by atoms with van der Waals surface area (Å²) in [6.45, 7) is 0. The van der Waals surface area contributed by atoms with Crippen molar-refractivity contribution in [2.75, 3.05) is 12.9 Å². The van der Waals surface area contributed by atoms with Gasteiger partial charge in [-0.3, -0.25) is 4.79 Å². The number of ether oxygens (including phenoxy) is 1. The number of carboxylic acid groups (broad SMARTS) is 1. The number of benzene rings is 1. The van der Waals surface area contributed by atoms with Crippen LogP contribution in [0.4, 0.5) is 0 Å². The normalized spacial score (nSPS) is 10.7. The first kappa shape index (κ1) is 14.5. The number of para-hydroxylation sites is 1. The summed E-state index contributed by atoms with van der Waals surface area (Å²) in [6, 6.07) is 7.04. The minimum Gasteiger partial charge on any atom is -0.478 e. The minimum atomic E-state index is -1.00. The van der Waals surface area contributed by atoms with E-state index in [0.29, 0.717) is 34.7 Å². The van der Waals surface area contributed by atoms with Crippen molar-refractivity contribution in [1.29, 1.82) is 0 Å². The van der Waals surface area contributed by atoms with Crippen LogP contribution in [-0.2, 0) is 15.3 Å². The average Bonchev–Trinajstić information content (AvgIpc) is 2.81. The van der Waals surface area contributed by atoms with E-state index < -0.39 is 5.97 Å². The summed E-state index contributed by atoms with van der Waals surface area (Å²) in [7, 11) is 1.34. The van der Waals surface area contributed by atoms with Crippen LogP contribution in [0.15, 0.2) is 28.7 Å². The van der Waals surface area contributed by atoms with E-state index in [2.05, 4.69) is 4.74 Å². The first-order valence-electron chi connectivity index (χ1n) is 6.01. The van der Waals surface area contributed by atoms with Crippen molar-refractivity contribution in [3.8, 4) is 0 Å². The molecule has 1 aromatic heterocycles. The zero-order valence-corrected chi connectivity index (χ0v) is 11.7. The highest BCUT2D eigenvalue weighted by atomic mass is 32.2. The molecular weight excluding hydrogens is 280 g/mol. The molecule has 106 valence electrons. The molecule has 1 heterocycles. The molecule has 20 heavy (non-hydrogen) atoms. The van der Waals surface area contributed by atoms with Gasteiger partial charge in [-0.2, -0.15) is 11.8 Å². The summed E-state index contributed by atoms with van der Waals surface area (Å²) in [4.78, 5) is 22.3. The molecule has 2 rings (SSSR count). The number of esters is 1. The second kappa shape index (κ2) is 6.47. The molecule has 0 radical (unpaired) electrons. The van der Waals surface area contributed by atoms with E-state index >= 15 is 0 Å². The highest BCUT2D eigenvalue weighted by Gasteiger charge is 2.19. The molecule has 0 aliphatic rings. The Morgan fingerprint density at radius 2 is 2.10 bits per heavy atom. The maximum atomic E-state index is 11.3. The fraction of sp³-hybridized carbons (Fsp3) is 0.286. The Hall–Kier alpha value is -1.95. The topological polar surface area (TPSA) is 76.7 Å². The standard InChI is InChI=1S/C14H14O5S/c1-18-12(15)6-7-20-8-11-13(14(16)17)9-4-2-3-5-10(9)19-11/h2-5H,6-8H2,1H3,(H,16,17). The van der Waals surface area contributed by atoms with Gasteiger partial charge in [0.15, 0.2) is 0 Å². The van der Waals surface area contributed by atoms with E-state index in [4.69, 9.17) is 4.42 Å². The van der Waals surface area contributed by atoms with Crippen molar-refractivity contribution in [3.63, 3.8) is 0 Å². The van der Waals surface area contributed by atoms with Gasteiger partial charge in [-0.05, 0) is 6.07 Å². The van der Waals surface area contributed by atoms with Crippen molar-refractivity contribution in [2.24, 2.45) is 0 Å². The van der Waals surface area contributed by atoms with Crippen LogP contribution in [0, 0.1) is 0 Å². The Balaban J connectivity index is 2.11. The minimum absolute atomic E-state index is 0.200. The molecule has 1 N–H and O–H groups in total. The molecule has 0 saturated carbocycles. The van der Waals surface area contributed by atoms with Crippen LogP contribution in [0.1, 0.15) is 22.5 Å². The van der Waals surface area contributed by atoms with Gasteiger partial charge < -0.3 is 14.3 Å². The summed E-state index contributed by atoms with van der Waals surface area (Å²) in [5.74, 6) is 0.114. The molecule has 0 bridgehead atoms. The predicted octanol–water partition coefficient (Wildman–Crippen LogP) is 2.93. The number of rotatable bonds is 6. The number of fused-ring (bicyclic) bond motifs is 1. The number of hydrogen-bond acceptors (Lipinski definition) is 5. The Bertz CT molecular complexity index is 632. The molecule has 0 aliphatic carbocycles. The van der Waals surface area contributed by atoms with Gasteiger partial charge in [0, 0.05) is 11.1 Å². The average molecular weight is 294 g/mol. The monoisotopic (exact) mass is 294 g/mol. The fourth-order valence-corrected chi connectivity index (χ4v) is 2.70. The van der Waals surface area contributed by atoms with E-state index in [9.17, 15) is 14.7 Å². The smallest absolute Gasteiger partial charge is 0.339 e. The number of thioether (sulfide) groups is 1. The lowest BCUT2D eigenvalue weighted by molar-refractivity contribution is -0.140. The summed E-state index contributed by atoms with van der Waals surface area (Å²) >= 11 is 1.44. The maximum Gasteiger partial charge on any atom is 0.339 e. The van der Waals surface area contributed by atoms with Crippen LogP contribution in [0.25, 0.3) is 11.0 Å². The Morgan fingerprint density at radius 1 is 1.35 bits per heavy atom. The van der Waals surface area contributed by atoms with Gasteiger partial charge in [0.25, 0.3) is 0 Å². The third kappa shape index (κ3) is 3.14. The number of carbonyl (C=O) groups excluding carboxylic acids is 1. The molecule has 6 heteroatoms. The molecule has 0 saturated heterocycles. The molecular formula is C14H14O5S. The van der Waals surface area contributed by atoms with Crippen LogP contribution in [-0.4, -0.2) is 29.9 Å². The lowest BCUT2D eigenvalue weighted by Crippen LogP contribution is -2.02. The molecule has 2 aromatic rings. The van der Waals surface area contributed by atoms with Crippen LogP contribution in [0.5, 0.6) is 0 Å². The summed E-state index contributed by atoms with van der Waals surface area (Å²) in [5.41, 5.74) is 0.764. The van der Waals surface area contributed by atoms with Crippen LogP contribution in [0.3, 0.4) is 0 Å². The van der Waals surface area contributed by atoms with Crippen molar-refractivity contribution in [3.05, 3.63) is 35.6 Å². The molecule has 0 amide bonds. The van der Waals surface area contributed by atoms with Crippen LogP contribution >= 0.6 is 11.8 Å². The van der Waals surface area contributed by atoms with Crippen molar-refractivity contribution >= 4 is 34.7 Å². The molecule has 0 spiro atoms. The Labute approximate surface area is 119 Å². The summed E-state index contributed by atoms with van der Waals surface area (Å²) < 4.78 is 10.1. The van der Waals surface area contributed by atoms with Gasteiger partial charge in [0.05, 0.1) is 19.3 Å². The van der Waals surface area contributed by atoms with Gasteiger partial charge >= 0.3 is 11.9 Å². The zero-order chi connectivity index (χ0) is 14.5. The number of hydrogen-bond donors (Lipinski definition) is 1. The van der Waals surface area contributed by atoms with Crippen LogP contribution in [0.2, 0.25) is 0 Å². The quantitative estimate of drug-likeness (QED) is 0.652. The SMILES string of the molecule is COC(=O)CCSCc1oc2ccccc2c1C(=O)O. The molecule has 0 unspecified atom stereocenters. The summed E-state index contributed by atoms with van der Waals surface area (Å²) in [5, 5.41) is 9.89. The second-order valence-corrected chi connectivity index (χ2v) is 5.19.